The van der Waals surface area contributed by atoms with Crippen LogP contribution in [-0.2, 0) is 21.5 Å². The Kier molecular flexibility index (Phi) is 5.94. The fourth-order valence-corrected chi connectivity index (χ4v) is 4.05. The number of hydrogen-bond donors (Lipinski definition) is 1. The minimum atomic E-state index is -1.33. The lowest BCUT2D eigenvalue weighted by molar-refractivity contribution is -0.142. The average molecular weight is 421 g/mol. The van der Waals surface area contributed by atoms with Crippen LogP contribution >= 0.6 is 0 Å². The van der Waals surface area contributed by atoms with Crippen molar-refractivity contribution < 1.29 is 9.59 Å². The van der Waals surface area contributed by atoms with Gasteiger partial charge in [0.2, 0.25) is 5.91 Å². The Balaban J connectivity index is 2.01. The summed E-state index contributed by atoms with van der Waals surface area (Å²) in [5.74, 6) is -1.19. The molecular formula is C25H32N4O2. The second kappa shape index (κ2) is 8.17. The highest BCUT2D eigenvalue weighted by Crippen LogP contribution is 2.38. The maximum absolute atomic E-state index is 13.6. The highest BCUT2D eigenvalue weighted by Gasteiger charge is 2.52. The van der Waals surface area contributed by atoms with E-state index in [0.29, 0.717) is 6.54 Å². The summed E-state index contributed by atoms with van der Waals surface area (Å²) < 4.78 is 0. The van der Waals surface area contributed by atoms with Crippen LogP contribution in [0.1, 0.15) is 50.3 Å². The standard InChI is InChI=1S/C25H32N4O2/c1-24(2,3)19-14-12-18(13-15-19)20-21(30)29(6)23(26)27-25(20,4)22(31)28(5)16-17-10-8-7-9-11-17/h7-15,20H,16H2,1-6H3,(H2,26,27)/t20-,25+/m1/s1. The van der Waals surface area contributed by atoms with Crippen LogP contribution in [0.15, 0.2) is 59.6 Å². The van der Waals surface area contributed by atoms with Crippen LogP contribution < -0.4 is 5.73 Å². The van der Waals surface area contributed by atoms with Crippen molar-refractivity contribution in [3.8, 4) is 0 Å². The SMILES string of the molecule is CN(Cc1ccccc1)C(=O)[C@@]1(C)N=C(N)N(C)C(=O)[C@H]1c1ccc(C(C)(C)C)cc1. The van der Waals surface area contributed by atoms with E-state index in [1.807, 2.05) is 54.6 Å². The van der Waals surface area contributed by atoms with Gasteiger partial charge in [-0.05, 0) is 29.0 Å². The molecular weight excluding hydrogens is 388 g/mol. The quantitative estimate of drug-likeness (QED) is 0.824. The van der Waals surface area contributed by atoms with Crippen molar-refractivity contribution in [2.75, 3.05) is 14.1 Å². The Bertz CT molecular complexity index is 992. The van der Waals surface area contributed by atoms with Gasteiger partial charge in [0.15, 0.2) is 11.5 Å². The predicted molar refractivity (Wildman–Crippen MR) is 124 cm³/mol. The first kappa shape index (κ1) is 22.5. The predicted octanol–water partition coefficient (Wildman–Crippen LogP) is 3.27. The van der Waals surface area contributed by atoms with Gasteiger partial charge in [-0.15, -0.1) is 0 Å². The number of guanidine groups is 1. The Labute approximate surface area is 184 Å². The Hall–Kier alpha value is -3.15. The van der Waals surface area contributed by atoms with Gasteiger partial charge >= 0.3 is 0 Å². The van der Waals surface area contributed by atoms with E-state index in [0.717, 1.165) is 16.7 Å². The minimum absolute atomic E-state index is 0.0104. The van der Waals surface area contributed by atoms with Crippen molar-refractivity contribution in [1.29, 1.82) is 0 Å². The van der Waals surface area contributed by atoms with Gasteiger partial charge < -0.3 is 10.6 Å². The first-order valence-electron chi connectivity index (χ1n) is 10.5. The molecule has 2 aromatic rings. The van der Waals surface area contributed by atoms with E-state index in [4.69, 9.17) is 5.73 Å². The zero-order chi connectivity index (χ0) is 23.0. The van der Waals surface area contributed by atoms with E-state index < -0.39 is 11.5 Å². The van der Waals surface area contributed by atoms with Crippen LogP contribution in [-0.4, -0.2) is 47.2 Å². The van der Waals surface area contributed by atoms with Crippen LogP contribution in [0.25, 0.3) is 0 Å². The number of carbonyl (C=O) groups excluding carboxylic acids is 2. The second-order valence-corrected chi connectivity index (χ2v) is 9.47. The number of likely N-dealkylation sites (N-methyl/N-ethyl adjacent to an activating group) is 2. The lowest BCUT2D eigenvalue weighted by Gasteiger charge is -2.41. The van der Waals surface area contributed by atoms with Crippen LogP contribution in [0.3, 0.4) is 0 Å². The van der Waals surface area contributed by atoms with Crippen LogP contribution in [0.2, 0.25) is 0 Å². The highest BCUT2D eigenvalue weighted by atomic mass is 16.2. The molecule has 1 aliphatic heterocycles. The normalized spacial score (nSPS) is 21.6. The number of aliphatic imine (C=N–C) groups is 1. The number of benzene rings is 2. The lowest BCUT2D eigenvalue weighted by Crippen LogP contribution is -2.59. The fraction of sp³-hybridized carbons (Fsp3) is 0.400. The molecule has 6 nitrogen and oxygen atoms in total. The maximum atomic E-state index is 13.6. The van der Waals surface area contributed by atoms with Gasteiger partial charge in [0.05, 0.1) is 5.92 Å². The Morgan fingerprint density at radius 3 is 2.26 bits per heavy atom. The third-order valence-corrected chi connectivity index (χ3v) is 5.98. The summed E-state index contributed by atoms with van der Waals surface area (Å²) in [5, 5.41) is 0. The van der Waals surface area contributed by atoms with Gasteiger partial charge in [0.25, 0.3) is 5.91 Å². The summed E-state index contributed by atoms with van der Waals surface area (Å²) in [7, 11) is 3.32. The number of hydrogen-bond acceptors (Lipinski definition) is 4. The molecule has 2 N–H and O–H groups in total. The molecule has 31 heavy (non-hydrogen) atoms. The number of amides is 2. The van der Waals surface area contributed by atoms with E-state index in [-0.39, 0.29) is 23.2 Å². The zero-order valence-corrected chi connectivity index (χ0v) is 19.2. The number of rotatable bonds is 4. The van der Waals surface area contributed by atoms with E-state index in [2.05, 4.69) is 25.8 Å². The van der Waals surface area contributed by atoms with Crippen LogP contribution in [0.5, 0.6) is 0 Å². The molecule has 0 saturated carbocycles. The molecule has 164 valence electrons. The number of nitrogens with zero attached hydrogens (tertiary/aromatic N) is 3. The first-order chi connectivity index (χ1) is 14.4. The van der Waals surface area contributed by atoms with Gasteiger partial charge in [-0.3, -0.25) is 14.5 Å². The van der Waals surface area contributed by atoms with Gasteiger partial charge in [-0.2, -0.15) is 0 Å². The average Bonchev–Trinajstić information content (AvgIpc) is 2.72. The van der Waals surface area contributed by atoms with Crippen molar-refractivity contribution in [1.82, 2.24) is 9.80 Å². The third-order valence-electron chi connectivity index (χ3n) is 5.98. The van der Waals surface area contributed by atoms with Crippen molar-refractivity contribution >= 4 is 17.8 Å². The summed E-state index contributed by atoms with van der Waals surface area (Å²) in [6.07, 6.45) is 0. The van der Waals surface area contributed by atoms with Crippen molar-refractivity contribution in [3.63, 3.8) is 0 Å². The molecule has 1 heterocycles. The lowest BCUT2D eigenvalue weighted by atomic mass is 9.76. The van der Waals surface area contributed by atoms with Crippen molar-refractivity contribution in [2.45, 2.75) is 51.1 Å². The summed E-state index contributed by atoms with van der Waals surface area (Å²) in [6, 6.07) is 17.6. The Morgan fingerprint density at radius 1 is 1.13 bits per heavy atom. The minimum Gasteiger partial charge on any atom is -0.369 e. The topological polar surface area (TPSA) is 79.0 Å². The van der Waals surface area contributed by atoms with Crippen LogP contribution in [0.4, 0.5) is 0 Å². The van der Waals surface area contributed by atoms with Crippen molar-refractivity contribution in [3.05, 3.63) is 71.3 Å². The van der Waals surface area contributed by atoms with E-state index in [1.54, 1.807) is 25.9 Å². The zero-order valence-electron chi connectivity index (χ0n) is 19.2. The van der Waals surface area contributed by atoms with Gasteiger partial charge in [-0.1, -0.05) is 75.4 Å². The third kappa shape index (κ3) is 4.33. The van der Waals surface area contributed by atoms with Gasteiger partial charge in [0.1, 0.15) is 0 Å². The molecule has 6 heteroatoms. The highest BCUT2D eigenvalue weighted by molar-refractivity contribution is 6.07. The summed E-state index contributed by atoms with van der Waals surface area (Å²) in [5.41, 5.74) is 7.61. The summed E-state index contributed by atoms with van der Waals surface area (Å²) >= 11 is 0. The smallest absolute Gasteiger partial charge is 0.251 e. The summed E-state index contributed by atoms with van der Waals surface area (Å²) in [4.78, 5) is 34.4. The molecule has 0 bridgehead atoms. The molecule has 0 aliphatic carbocycles. The molecule has 1 aliphatic rings. The van der Waals surface area contributed by atoms with E-state index in [1.165, 1.54) is 4.90 Å². The molecule has 0 radical (unpaired) electrons. The molecule has 0 saturated heterocycles. The van der Waals surface area contributed by atoms with Gasteiger partial charge in [0, 0.05) is 20.6 Å². The largest absolute Gasteiger partial charge is 0.369 e. The van der Waals surface area contributed by atoms with Crippen LogP contribution in [0, 0.1) is 0 Å². The molecule has 0 spiro atoms. The number of nitrogens with two attached hydrogens (primary N) is 1. The number of carbonyl (C=O) groups is 2. The molecule has 0 unspecified atom stereocenters. The first-order valence-corrected chi connectivity index (χ1v) is 10.5. The maximum Gasteiger partial charge on any atom is 0.251 e. The molecule has 2 atom stereocenters. The van der Waals surface area contributed by atoms with E-state index in [9.17, 15) is 9.59 Å². The van der Waals surface area contributed by atoms with Gasteiger partial charge in [-0.25, -0.2) is 4.99 Å². The second-order valence-electron chi connectivity index (χ2n) is 9.47. The molecule has 0 aromatic heterocycles. The van der Waals surface area contributed by atoms with Crippen molar-refractivity contribution in [2.24, 2.45) is 10.7 Å². The Morgan fingerprint density at radius 2 is 1.71 bits per heavy atom. The fourth-order valence-electron chi connectivity index (χ4n) is 4.05. The summed E-state index contributed by atoms with van der Waals surface area (Å²) in [6.45, 7) is 8.54. The molecule has 3 rings (SSSR count). The van der Waals surface area contributed by atoms with E-state index >= 15 is 0 Å². The molecule has 0 fully saturated rings. The molecule has 2 amide bonds. The monoisotopic (exact) mass is 420 g/mol. The molecule has 2 aromatic carbocycles.